The van der Waals surface area contributed by atoms with Crippen LogP contribution in [0, 0.1) is 12.8 Å². The monoisotopic (exact) mass is 505 g/mol. The molecule has 34 heavy (non-hydrogen) atoms. The lowest BCUT2D eigenvalue weighted by Gasteiger charge is -2.28. The van der Waals surface area contributed by atoms with Crippen molar-refractivity contribution >= 4 is 11.3 Å². The van der Waals surface area contributed by atoms with Crippen LogP contribution in [0.5, 0.6) is 11.5 Å². The number of thiazole rings is 1. The van der Waals surface area contributed by atoms with Gasteiger partial charge in [0, 0.05) is 12.0 Å². The molecule has 1 saturated carbocycles. The van der Waals surface area contributed by atoms with Crippen molar-refractivity contribution in [1.29, 1.82) is 0 Å². The molecule has 0 bridgehead atoms. The van der Waals surface area contributed by atoms with E-state index in [0.29, 0.717) is 18.5 Å². The van der Waals surface area contributed by atoms with Gasteiger partial charge in [-0.2, -0.15) is 22.0 Å². The number of benzene rings is 1. The van der Waals surface area contributed by atoms with E-state index in [1.165, 1.54) is 29.5 Å². The van der Waals surface area contributed by atoms with Gasteiger partial charge in [-0.1, -0.05) is 5.16 Å². The van der Waals surface area contributed by atoms with Crippen molar-refractivity contribution < 1.29 is 35.9 Å². The number of aromatic amines is 1. The van der Waals surface area contributed by atoms with E-state index in [9.17, 15) is 26.7 Å². The summed E-state index contributed by atoms with van der Waals surface area (Å²) in [5.74, 6) is -2.23. The topological polar surface area (TPSA) is 90.2 Å². The maximum absolute atomic E-state index is 12.9. The zero-order chi connectivity index (χ0) is 24.5. The maximum Gasteiger partial charge on any atom is 0.439 e. The third kappa shape index (κ3) is 5.57. The molecule has 0 radical (unpaired) electrons. The lowest BCUT2D eigenvalue weighted by molar-refractivity contribution is -0.182. The van der Waals surface area contributed by atoms with E-state index >= 15 is 0 Å². The van der Waals surface area contributed by atoms with Gasteiger partial charge >= 0.3 is 18.5 Å². The first-order valence-electron chi connectivity index (χ1n) is 10.4. The molecular weight excluding hydrogens is 485 g/mol. The van der Waals surface area contributed by atoms with E-state index in [-0.39, 0.29) is 48.3 Å². The number of nitrogens with one attached hydrogen (secondary N) is 1. The van der Waals surface area contributed by atoms with E-state index in [4.69, 9.17) is 4.74 Å². The highest BCUT2D eigenvalue weighted by atomic mass is 32.1. The molecule has 0 atom stereocenters. The molecule has 0 spiro atoms. The second kappa shape index (κ2) is 9.72. The first-order chi connectivity index (χ1) is 16.1. The molecule has 3 aromatic rings. The Morgan fingerprint density at radius 1 is 1.24 bits per heavy atom. The Hall–Kier alpha value is -2.96. The number of hydrogen-bond acceptors (Lipinski definition) is 7. The number of aromatic nitrogens is 3. The highest BCUT2D eigenvalue weighted by molar-refractivity contribution is 7.11. The highest BCUT2D eigenvalue weighted by Crippen LogP contribution is 2.44. The summed E-state index contributed by atoms with van der Waals surface area (Å²) in [6, 6.07) is 4.13. The fraction of sp³-hybridized carbons (Fsp3) is 0.476. The standard InChI is InChI=1S/C21H20F5N3O4S/c1-10-16(34-18(27-10)11-2-4-12(5-3-11)21(24,25)26)9-31-13-6-7-14(15(8-13)32-19(22)23)17-28-20(30)33-29-17/h6-8,11-12,19H,2-5,9H2,1H3,(H,28,29,30)/t11-,12-. The molecule has 0 amide bonds. The molecule has 0 unspecified atom stereocenters. The fourth-order valence-electron chi connectivity index (χ4n) is 3.90. The molecule has 4 rings (SSSR count). The molecule has 2 aromatic heterocycles. The SMILES string of the molecule is Cc1nc([C@H]2CC[C@H](C(F)(F)F)CC2)sc1COc1ccc(-c2noc(=O)[nH]2)c(OC(F)F)c1. The molecule has 1 aliphatic carbocycles. The van der Waals surface area contributed by atoms with Gasteiger partial charge in [0.25, 0.3) is 0 Å². The van der Waals surface area contributed by atoms with Crippen LogP contribution in [0.1, 0.15) is 47.2 Å². The van der Waals surface area contributed by atoms with E-state index in [1.54, 1.807) is 6.92 Å². The number of hydrogen-bond donors (Lipinski definition) is 1. The number of halogens is 5. The molecule has 7 nitrogen and oxygen atoms in total. The minimum atomic E-state index is -4.16. The normalized spacial score (nSPS) is 18.9. The minimum Gasteiger partial charge on any atom is -0.488 e. The second-order valence-corrected chi connectivity index (χ2v) is 9.03. The van der Waals surface area contributed by atoms with Crippen molar-refractivity contribution in [3.8, 4) is 22.9 Å². The van der Waals surface area contributed by atoms with Gasteiger partial charge in [0.15, 0.2) is 5.82 Å². The van der Waals surface area contributed by atoms with Crippen LogP contribution >= 0.6 is 11.3 Å². The van der Waals surface area contributed by atoms with Crippen LogP contribution in [-0.4, -0.2) is 27.9 Å². The van der Waals surface area contributed by atoms with Crippen LogP contribution in [-0.2, 0) is 6.61 Å². The third-order valence-corrected chi connectivity index (χ3v) is 6.98. The van der Waals surface area contributed by atoms with Gasteiger partial charge in [0.2, 0.25) is 0 Å². The first kappa shape index (κ1) is 24.2. The maximum atomic E-state index is 12.9. The Morgan fingerprint density at radius 3 is 2.59 bits per heavy atom. The lowest BCUT2D eigenvalue weighted by atomic mass is 9.82. The predicted molar refractivity (Wildman–Crippen MR) is 111 cm³/mol. The molecular formula is C21H20F5N3O4S. The average Bonchev–Trinajstić information content (AvgIpc) is 3.37. The van der Waals surface area contributed by atoms with E-state index in [1.807, 2.05) is 0 Å². The van der Waals surface area contributed by atoms with Crippen LogP contribution in [0.4, 0.5) is 22.0 Å². The molecule has 13 heteroatoms. The van der Waals surface area contributed by atoms with Gasteiger partial charge in [0.05, 0.1) is 27.1 Å². The lowest BCUT2D eigenvalue weighted by Crippen LogP contribution is -2.27. The van der Waals surface area contributed by atoms with Crippen LogP contribution in [0.25, 0.3) is 11.4 Å². The number of nitrogens with zero attached hydrogens (tertiary/aromatic N) is 2. The van der Waals surface area contributed by atoms with Crippen molar-refractivity contribution in [2.45, 2.75) is 57.9 Å². The van der Waals surface area contributed by atoms with Gasteiger partial charge in [-0.15, -0.1) is 11.3 Å². The quantitative estimate of drug-likeness (QED) is 0.408. The van der Waals surface area contributed by atoms with Gasteiger partial charge in [-0.05, 0) is 44.7 Å². The Labute approximate surface area is 193 Å². The smallest absolute Gasteiger partial charge is 0.439 e. The van der Waals surface area contributed by atoms with E-state index in [0.717, 1.165) is 9.88 Å². The van der Waals surface area contributed by atoms with Crippen molar-refractivity contribution in [3.05, 3.63) is 44.3 Å². The van der Waals surface area contributed by atoms with Gasteiger partial charge in [-0.3, -0.25) is 9.51 Å². The summed E-state index contributed by atoms with van der Waals surface area (Å²) in [6.07, 6.45) is -3.12. The molecule has 1 fully saturated rings. The second-order valence-electron chi connectivity index (χ2n) is 7.92. The van der Waals surface area contributed by atoms with Crippen LogP contribution < -0.4 is 15.2 Å². The van der Waals surface area contributed by atoms with Crippen LogP contribution in [0.3, 0.4) is 0 Å². The van der Waals surface area contributed by atoms with Gasteiger partial charge < -0.3 is 9.47 Å². The molecule has 1 aromatic carbocycles. The molecule has 1 aliphatic rings. The molecule has 1 N–H and O–H groups in total. The molecule has 0 aliphatic heterocycles. The Bertz CT molecular complexity index is 1180. The number of aryl methyl sites for hydroxylation is 1. The Morgan fingerprint density at radius 2 is 1.97 bits per heavy atom. The van der Waals surface area contributed by atoms with Crippen molar-refractivity contribution in [2.24, 2.45) is 5.92 Å². The highest BCUT2D eigenvalue weighted by Gasteiger charge is 2.42. The number of alkyl halides is 5. The number of H-pyrrole nitrogens is 1. The van der Waals surface area contributed by atoms with E-state index < -0.39 is 24.5 Å². The summed E-state index contributed by atoms with van der Waals surface area (Å²) >= 11 is 1.38. The zero-order valence-corrected chi connectivity index (χ0v) is 18.6. The summed E-state index contributed by atoms with van der Waals surface area (Å²) in [5, 5.41) is 4.26. The minimum absolute atomic E-state index is 0.0222. The predicted octanol–water partition coefficient (Wildman–Crippen LogP) is 5.81. The molecule has 184 valence electrons. The number of rotatable bonds is 7. The Kier molecular flexibility index (Phi) is 6.91. The molecule has 0 saturated heterocycles. The summed E-state index contributed by atoms with van der Waals surface area (Å²) in [6.45, 7) is -1.24. The van der Waals surface area contributed by atoms with E-state index in [2.05, 4.69) is 24.4 Å². The summed E-state index contributed by atoms with van der Waals surface area (Å²) < 4.78 is 79.2. The zero-order valence-electron chi connectivity index (χ0n) is 17.8. The average molecular weight is 505 g/mol. The van der Waals surface area contributed by atoms with Crippen LogP contribution in [0.2, 0.25) is 0 Å². The molecule has 2 heterocycles. The van der Waals surface area contributed by atoms with Crippen molar-refractivity contribution in [3.63, 3.8) is 0 Å². The van der Waals surface area contributed by atoms with Crippen molar-refractivity contribution in [2.75, 3.05) is 0 Å². The van der Waals surface area contributed by atoms with Gasteiger partial charge in [-0.25, -0.2) is 9.78 Å². The van der Waals surface area contributed by atoms with Crippen molar-refractivity contribution in [1.82, 2.24) is 15.1 Å². The summed E-state index contributed by atoms with van der Waals surface area (Å²) in [5.41, 5.74) is 0.794. The third-order valence-electron chi connectivity index (χ3n) is 5.68. The first-order valence-corrected chi connectivity index (χ1v) is 11.2. The summed E-state index contributed by atoms with van der Waals surface area (Å²) in [7, 11) is 0. The summed E-state index contributed by atoms with van der Waals surface area (Å²) in [4.78, 5) is 18.8. The van der Waals surface area contributed by atoms with Crippen LogP contribution in [0.15, 0.2) is 27.5 Å². The number of ether oxygens (including phenoxy) is 2. The Balaban J connectivity index is 1.44. The fourth-order valence-corrected chi connectivity index (χ4v) is 5.05. The van der Waals surface area contributed by atoms with Gasteiger partial charge in [0.1, 0.15) is 18.1 Å². The largest absolute Gasteiger partial charge is 0.488 e.